The van der Waals surface area contributed by atoms with Gasteiger partial charge in [-0.05, 0) is 12.1 Å². The van der Waals surface area contributed by atoms with E-state index in [-0.39, 0.29) is 19.5 Å². The normalized spacial score (nSPS) is 8.76. The zero-order valence-electron chi connectivity index (χ0n) is 9.30. The fourth-order valence-electron chi connectivity index (χ4n) is 0.857. The quantitative estimate of drug-likeness (QED) is 0.599. The molecule has 0 unspecified atom stereocenters. The van der Waals surface area contributed by atoms with E-state index in [0.29, 0.717) is 0 Å². The molecule has 0 radical (unpaired) electrons. The van der Waals surface area contributed by atoms with Crippen molar-refractivity contribution >= 4 is 17.6 Å². The predicted molar refractivity (Wildman–Crippen MR) is 63.9 cm³/mol. The molecule has 0 atom stereocenters. The van der Waals surface area contributed by atoms with Crippen LogP contribution in [0.1, 0.15) is 6.42 Å². The van der Waals surface area contributed by atoms with Crippen molar-refractivity contribution in [2.24, 2.45) is 5.73 Å². The lowest BCUT2D eigenvalue weighted by molar-refractivity contribution is -0.137. The first kappa shape index (κ1) is 14.9. The number of nitrogens with one attached hydrogen (secondary N) is 1. The Labute approximate surface area is 99.1 Å². The lowest BCUT2D eigenvalue weighted by Crippen LogP contribution is -2.11. The van der Waals surface area contributed by atoms with Crippen LogP contribution in [-0.4, -0.2) is 35.2 Å². The molecule has 0 aliphatic rings. The summed E-state index contributed by atoms with van der Waals surface area (Å²) in [6, 6.07) is 9.23. The van der Waals surface area contributed by atoms with E-state index in [9.17, 15) is 9.59 Å². The summed E-state index contributed by atoms with van der Waals surface area (Å²) in [6.07, 6.45) is 0.0694. The molecule has 0 amide bonds. The van der Waals surface area contributed by atoms with E-state index in [2.05, 4.69) is 5.32 Å². The number of carboxylic acids is 2. The summed E-state index contributed by atoms with van der Waals surface area (Å²) in [4.78, 5) is 19.6. The smallest absolute Gasteiger partial charge is 0.322 e. The zero-order chi connectivity index (χ0) is 13.1. The average Bonchev–Trinajstić information content (AvgIpc) is 2.28. The second-order valence-electron chi connectivity index (χ2n) is 3.05. The van der Waals surface area contributed by atoms with E-state index in [1.807, 2.05) is 30.3 Å². The molecule has 0 spiro atoms. The van der Waals surface area contributed by atoms with Crippen LogP contribution < -0.4 is 11.1 Å². The maximum absolute atomic E-state index is 10.1. The molecule has 0 bridgehead atoms. The molecule has 94 valence electrons. The lowest BCUT2D eigenvalue weighted by Gasteiger charge is -2.00. The largest absolute Gasteiger partial charge is 0.481 e. The van der Waals surface area contributed by atoms with Gasteiger partial charge in [-0.2, -0.15) is 0 Å². The van der Waals surface area contributed by atoms with Gasteiger partial charge in [-0.25, -0.2) is 0 Å². The molecule has 1 aromatic carbocycles. The number of carbonyl (C=O) groups is 2. The second kappa shape index (κ2) is 9.17. The number of aliphatic carboxylic acids is 2. The van der Waals surface area contributed by atoms with Gasteiger partial charge in [-0.1, -0.05) is 18.2 Å². The molecule has 17 heavy (non-hydrogen) atoms. The maximum Gasteiger partial charge on any atom is 0.322 e. The van der Waals surface area contributed by atoms with Crippen LogP contribution >= 0.6 is 0 Å². The highest BCUT2D eigenvalue weighted by atomic mass is 16.4. The van der Waals surface area contributed by atoms with E-state index in [0.717, 1.165) is 5.69 Å². The molecule has 5 N–H and O–H groups in total. The Morgan fingerprint density at radius 1 is 1.12 bits per heavy atom. The molecular formula is C11H16N2O4. The average molecular weight is 240 g/mol. The molecule has 1 rings (SSSR count). The van der Waals surface area contributed by atoms with Crippen LogP contribution in [0.15, 0.2) is 30.3 Å². The summed E-state index contributed by atoms with van der Waals surface area (Å²) in [5, 5.41) is 18.9. The molecule has 0 saturated carbocycles. The van der Waals surface area contributed by atoms with Gasteiger partial charge in [0.2, 0.25) is 0 Å². The lowest BCUT2D eigenvalue weighted by atomic mass is 10.3. The van der Waals surface area contributed by atoms with E-state index >= 15 is 0 Å². The van der Waals surface area contributed by atoms with Crippen molar-refractivity contribution in [2.45, 2.75) is 6.42 Å². The van der Waals surface area contributed by atoms with Crippen molar-refractivity contribution in [1.29, 1.82) is 0 Å². The van der Waals surface area contributed by atoms with Gasteiger partial charge in [0.15, 0.2) is 0 Å². The van der Waals surface area contributed by atoms with Crippen molar-refractivity contribution in [3.8, 4) is 0 Å². The van der Waals surface area contributed by atoms with E-state index in [4.69, 9.17) is 15.9 Å². The van der Waals surface area contributed by atoms with Gasteiger partial charge in [0.25, 0.3) is 0 Å². The molecule has 0 heterocycles. The third-order valence-electron chi connectivity index (χ3n) is 1.58. The van der Waals surface area contributed by atoms with Gasteiger partial charge < -0.3 is 21.3 Å². The first-order valence-electron chi connectivity index (χ1n) is 4.99. The van der Waals surface area contributed by atoms with Crippen molar-refractivity contribution in [3.63, 3.8) is 0 Å². The summed E-state index contributed by atoms with van der Waals surface area (Å²) < 4.78 is 0. The van der Waals surface area contributed by atoms with Crippen LogP contribution in [0.2, 0.25) is 0 Å². The number of para-hydroxylation sites is 1. The van der Waals surface area contributed by atoms with E-state index in [1.54, 1.807) is 0 Å². The Hall–Kier alpha value is -2.08. The highest BCUT2D eigenvalue weighted by Gasteiger charge is 1.94. The summed E-state index contributed by atoms with van der Waals surface area (Å²) in [7, 11) is 0. The number of hydrogen-bond donors (Lipinski definition) is 4. The van der Waals surface area contributed by atoms with Crippen molar-refractivity contribution in [1.82, 2.24) is 0 Å². The fourth-order valence-corrected chi connectivity index (χ4v) is 0.857. The van der Waals surface area contributed by atoms with Crippen molar-refractivity contribution in [2.75, 3.05) is 18.4 Å². The number of benzene rings is 1. The van der Waals surface area contributed by atoms with Gasteiger partial charge in [-0.3, -0.25) is 9.59 Å². The monoisotopic (exact) mass is 240 g/mol. The van der Waals surface area contributed by atoms with Gasteiger partial charge in [-0.15, -0.1) is 0 Å². The molecule has 0 aliphatic heterocycles. The van der Waals surface area contributed by atoms with Crippen LogP contribution in [0.25, 0.3) is 0 Å². The Bertz CT molecular complexity index is 341. The maximum atomic E-state index is 10.1. The summed E-state index contributed by atoms with van der Waals surface area (Å²) >= 11 is 0. The van der Waals surface area contributed by atoms with Crippen LogP contribution in [0, 0.1) is 0 Å². The topological polar surface area (TPSA) is 113 Å². The molecule has 0 saturated heterocycles. The minimum Gasteiger partial charge on any atom is -0.481 e. The number of anilines is 1. The Morgan fingerprint density at radius 3 is 2.06 bits per heavy atom. The zero-order valence-corrected chi connectivity index (χ0v) is 9.30. The third kappa shape index (κ3) is 10.2. The Morgan fingerprint density at radius 2 is 1.71 bits per heavy atom. The number of rotatable bonds is 5. The summed E-state index contributed by atoms with van der Waals surface area (Å²) in [5.41, 5.74) is 5.68. The van der Waals surface area contributed by atoms with Crippen LogP contribution in [0.4, 0.5) is 5.69 Å². The number of carboxylic acid groups (broad SMARTS) is 2. The van der Waals surface area contributed by atoms with E-state index in [1.165, 1.54) is 0 Å². The molecule has 0 fully saturated rings. The second-order valence-corrected chi connectivity index (χ2v) is 3.05. The van der Waals surface area contributed by atoms with Crippen LogP contribution in [0.5, 0.6) is 0 Å². The molecule has 6 heteroatoms. The summed E-state index contributed by atoms with van der Waals surface area (Å²) in [6.45, 7) is 0.194. The number of hydrogen-bond acceptors (Lipinski definition) is 4. The minimum absolute atomic E-state index is 0.0377. The highest BCUT2D eigenvalue weighted by Crippen LogP contribution is 2.03. The van der Waals surface area contributed by atoms with Crippen LogP contribution in [-0.2, 0) is 9.59 Å². The standard InChI is InChI=1S/C8H9NO2.C3H7NO2/c10-8(11)6-9-7-4-2-1-3-5-7;4-2-1-3(5)6/h1-5,9H,6H2,(H,10,11);1-2,4H2,(H,5,6). The third-order valence-corrected chi connectivity index (χ3v) is 1.58. The highest BCUT2D eigenvalue weighted by molar-refractivity contribution is 5.72. The van der Waals surface area contributed by atoms with Gasteiger partial charge >= 0.3 is 11.9 Å². The Balaban J connectivity index is 0.000000366. The first-order valence-corrected chi connectivity index (χ1v) is 4.99. The van der Waals surface area contributed by atoms with Gasteiger partial charge in [0, 0.05) is 12.2 Å². The summed E-state index contributed by atoms with van der Waals surface area (Å²) in [5.74, 6) is -1.69. The van der Waals surface area contributed by atoms with Crippen LogP contribution in [0.3, 0.4) is 0 Å². The van der Waals surface area contributed by atoms with Crippen molar-refractivity contribution < 1.29 is 19.8 Å². The first-order chi connectivity index (χ1) is 8.06. The van der Waals surface area contributed by atoms with E-state index < -0.39 is 11.9 Å². The van der Waals surface area contributed by atoms with Gasteiger partial charge in [0.1, 0.15) is 6.54 Å². The fraction of sp³-hybridized carbons (Fsp3) is 0.273. The molecule has 6 nitrogen and oxygen atoms in total. The predicted octanol–water partition coefficient (Wildman–Crippen LogP) is 0.603. The molecule has 1 aromatic rings. The minimum atomic E-state index is -0.853. The molecular weight excluding hydrogens is 224 g/mol. The SMILES string of the molecule is NCCC(=O)O.O=C(O)CNc1ccccc1. The molecule has 0 aliphatic carbocycles. The Kier molecular flexibility index (Phi) is 8.05. The van der Waals surface area contributed by atoms with Crippen molar-refractivity contribution in [3.05, 3.63) is 30.3 Å². The van der Waals surface area contributed by atoms with Gasteiger partial charge in [0.05, 0.1) is 6.42 Å². The number of nitrogens with two attached hydrogens (primary N) is 1. The molecule has 0 aromatic heterocycles.